The molecule has 0 spiro atoms. The molecule has 0 radical (unpaired) electrons. The predicted molar refractivity (Wildman–Crippen MR) is 112 cm³/mol. The molecule has 0 saturated heterocycles. The molecule has 1 aromatic heterocycles. The number of hydrogen-bond donors (Lipinski definition) is 2. The molecule has 2 N–H and O–H groups in total. The zero-order valence-corrected chi connectivity index (χ0v) is 16.6. The summed E-state index contributed by atoms with van der Waals surface area (Å²) in [6.07, 6.45) is 9.36. The minimum absolute atomic E-state index is 0. The van der Waals surface area contributed by atoms with Crippen LogP contribution in [0, 0.1) is 0 Å². The lowest BCUT2D eigenvalue weighted by atomic mass is 9.96. The summed E-state index contributed by atoms with van der Waals surface area (Å²) in [4.78, 5) is 8.87. The molecule has 0 bridgehead atoms. The Kier molecular flexibility index (Phi) is 7.75. The molecule has 0 unspecified atom stereocenters. The van der Waals surface area contributed by atoms with Crippen molar-refractivity contribution in [3.63, 3.8) is 0 Å². The van der Waals surface area contributed by atoms with Gasteiger partial charge in [-0.15, -0.1) is 24.0 Å². The summed E-state index contributed by atoms with van der Waals surface area (Å²) in [5.41, 5.74) is 2.38. The monoisotopic (exact) mass is 438 g/mol. The van der Waals surface area contributed by atoms with Gasteiger partial charge in [0.05, 0.1) is 5.52 Å². The first-order valence-corrected chi connectivity index (χ1v) is 8.66. The topological polar surface area (TPSA) is 49.3 Å². The van der Waals surface area contributed by atoms with Crippen LogP contribution in [0.2, 0.25) is 0 Å². The van der Waals surface area contributed by atoms with Crippen LogP contribution in [-0.2, 0) is 6.42 Å². The molecule has 5 heteroatoms. The number of hydrogen-bond acceptors (Lipinski definition) is 2. The van der Waals surface area contributed by atoms with Gasteiger partial charge in [-0.25, -0.2) is 0 Å². The summed E-state index contributed by atoms with van der Waals surface area (Å²) in [7, 11) is 1.84. The largest absolute Gasteiger partial charge is 0.356 e. The first-order chi connectivity index (χ1) is 11.4. The minimum Gasteiger partial charge on any atom is -0.356 e. The number of para-hydroxylation sites is 1. The Morgan fingerprint density at radius 1 is 1.17 bits per heavy atom. The van der Waals surface area contributed by atoms with E-state index in [1.54, 1.807) is 0 Å². The van der Waals surface area contributed by atoms with Crippen molar-refractivity contribution in [3.05, 3.63) is 42.1 Å². The molecule has 3 rings (SSSR count). The number of nitrogens with one attached hydrogen (secondary N) is 2. The number of rotatable bonds is 4. The van der Waals surface area contributed by atoms with Crippen molar-refractivity contribution >= 4 is 40.8 Å². The second-order valence-electron chi connectivity index (χ2n) is 6.22. The standard InChI is InChI=1S/C19H26N4.HI/c1-20-19(23-17-10-3-2-4-11-17)22-14-12-16-8-5-7-15-9-6-13-21-18(15)16;/h5-9,13,17H,2-4,10-12,14H2,1H3,(H2,20,22,23);1H. The van der Waals surface area contributed by atoms with Gasteiger partial charge in [0.2, 0.25) is 0 Å². The predicted octanol–water partition coefficient (Wildman–Crippen LogP) is 3.89. The third-order valence-corrected chi connectivity index (χ3v) is 4.57. The van der Waals surface area contributed by atoms with Crippen molar-refractivity contribution in [2.24, 2.45) is 4.99 Å². The van der Waals surface area contributed by atoms with Gasteiger partial charge < -0.3 is 10.6 Å². The number of guanidine groups is 1. The van der Waals surface area contributed by atoms with Gasteiger partial charge in [0.15, 0.2) is 5.96 Å². The summed E-state index contributed by atoms with van der Waals surface area (Å²) >= 11 is 0. The molecular weight excluding hydrogens is 411 g/mol. The van der Waals surface area contributed by atoms with E-state index in [1.807, 2.05) is 19.3 Å². The van der Waals surface area contributed by atoms with Gasteiger partial charge in [-0.05, 0) is 30.9 Å². The van der Waals surface area contributed by atoms with Gasteiger partial charge in [0.1, 0.15) is 0 Å². The van der Waals surface area contributed by atoms with Crippen molar-refractivity contribution in [2.75, 3.05) is 13.6 Å². The molecule has 2 aromatic rings. The highest BCUT2D eigenvalue weighted by Gasteiger charge is 2.14. The third-order valence-electron chi connectivity index (χ3n) is 4.57. The summed E-state index contributed by atoms with van der Waals surface area (Å²) in [5.74, 6) is 0.921. The van der Waals surface area contributed by atoms with Crippen molar-refractivity contribution in [2.45, 2.75) is 44.6 Å². The average molecular weight is 438 g/mol. The molecular formula is C19H27IN4. The quantitative estimate of drug-likeness (QED) is 0.433. The molecule has 0 aliphatic heterocycles. The fourth-order valence-electron chi connectivity index (χ4n) is 3.32. The van der Waals surface area contributed by atoms with E-state index in [9.17, 15) is 0 Å². The van der Waals surface area contributed by atoms with Crippen LogP contribution in [0.4, 0.5) is 0 Å². The van der Waals surface area contributed by atoms with Crippen molar-refractivity contribution in [1.29, 1.82) is 0 Å². The van der Waals surface area contributed by atoms with Crippen molar-refractivity contribution in [1.82, 2.24) is 15.6 Å². The van der Waals surface area contributed by atoms with Crippen molar-refractivity contribution < 1.29 is 0 Å². The Bertz CT molecular complexity index is 660. The van der Waals surface area contributed by atoms with Crippen LogP contribution in [0.1, 0.15) is 37.7 Å². The number of aliphatic imine (C=N–C) groups is 1. The van der Waals surface area contributed by atoms with Crippen LogP contribution < -0.4 is 10.6 Å². The molecule has 1 aliphatic rings. The maximum Gasteiger partial charge on any atom is 0.191 e. The van der Waals surface area contributed by atoms with E-state index in [2.05, 4.69) is 44.9 Å². The van der Waals surface area contributed by atoms with Crippen LogP contribution in [0.15, 0.2) is 41.5 Å². The van der Waals surface area contributed by atoms with Gasteiger partial charge in [-0.3, -0.25) is 9.98 Å². The molecule has 4 nitrogen and oxygen atoms in total. The van der Waals surface area contributed by atoms with E-state index < -0.39 is 0 Å². The second-order valence-corrected chi connectivity index (χ2v) is 6.22. The minimum atomic E-state index is 0. The number of nitrogens with zero attached hydrogens (tertiary/aromatic N) is 2. The molecule has 0 amide bonds. The molecule has 24 heavy (non-hydrogen) atoms. The lowest BCUT2D eigenvalue weighted by molar-refractivity contribution is 0.410. The van der Waals surface area contributed by atoms with E-state index in [-0.39, 0.29) is 24.0 Å². The van der Waals surface area contributed by atoms with Crippen LogP contribution in [-0.4, -0.2) is 30.6 Å². The zero-order chi connectivity index (χ0) is 15.9. The first kappa shape index (κ1) is 19.0. The number of fused-ring (bicyclic) bond motifs is 1. The third kappa shape index (κ3) is 5.06. The van der Waals surface area contributed by atoms with E-state index in [0.29, 0.717) is 6.04 Å². The SMILES string of the molecule is CN=C(NCCc1cccc2cccnc12)NC1CCCCC1.I. The molecule has 1 saturated carbocycles. The highest BCUT2D eigenvalue weighted by atomic mass is 127. The lowest BCUT2D eigenvalue weighted by Crippen LogP contribution is -2.44. The highest BCUT2D eigenvalue weighted by molar-refractivity contribution is 14.0. The Hall–Kier alpha value is -1.37. The summed E-state index contributed by atoms with van der Waals surface area (Å²) in [6, 6.07) is 11.1. The summed E-state index contributed by atoms with van der Waals surface area (Å²) < 4.78 is 0. The number of aromatic nitrogens is 1. The Labute approximate surface area is 161 Å². The van der Waals surface area contributed by atoms with Crippen LogP contribution in [0.25, 0.3) is 10.9 Å². The van der Waals surface area contributed by atoms with Gasteiger partial charge in [0, 0.05) is 31.2 Å². The molecule has 1 aliphatic carbocycles. The smallest absolute Gasteiger partial charge is 0.191 e. The number of halogens is 1. The fourth-order valence-corrected chi connectivity index (χ4v) is 3.32. The zero-order valence-electron chi connectivity index (χ0n) is 14.3. The lowest BCUT2D eigenvalue weighted by Gasteiger charge is -2.24. The van der Waals surface area contributed by atoms with E-state index in [0.717, 1.165) is 24.4 Å². The molecule has 1 fully saturated rings. The maximum atomic E-state index is 4.52. The van der Waals surface area contributed by atoms with Gasteiger partial charge in [0.25, 0.3) is 0 Å². The van der Waals surface area contributed by atoms with Gasteiger partial charge in [-0.1, -0.05) is 43.5 Å². The van der Waals surface area contributed by atoms with E-state index in [4.69, 9.17) is 0 Å². The normalized spacial score (nSPS) is 15.8. The van der Waals surface area contributed by atoms with Crippen molar-refractivity contribution in [3.8, 4) is 0 Å². The van der Waals surface area contributed by atoms with Gasteiger partial charge >= 0.3 is 0 Å². The number of pyridine rings is 1. The van der Waals surface area contributed by atoms with Crippen LogP contribution in [0.3, 0.4) is 0 Å². The highest BCUT2D eigenvalue weighted by Crippen LogP contribution is 2.17. The fraction of sp³-hybridized carbons (Fsp3) is 0.474. The van der Waals surface area contributed by atoms with E-state index >= 15 is 0 Å². The Morgan fingerprint density at radius 2 is 1.96 bits per heavy atom. The van der Waals surface area contributed by atoms with Crippen LogP contribution >= 0.6 is 24.0 Å². The van der Waals surface area contributed by atoms with Gasteiger partial charge in [-0.2, -0.15) is 0 Å². The maximum absolute atomic E-state index is 4.52. The Balaban J connectivity index is 0.00000208. The second kappa shape index (κ2) is 9.81. The molecule has 1 aromatic carbocycles. The van der Waals surface area contributed by atoms with Crippen LogP contribution in [0.5, 0.6) is 0 Å². The molecule has 1 heterocycles. The molecule has 0 atom stereocenters. The summed E-state index contributed by atoms with van der Waals surface area (Å²) in [6.45, 7) is 0.863. The average Bonchev–Trinajstić information content (AvgIpc) is 2.62. The first-order valence-electron chi connectivity index (χ1n) is 8.66. The van der Waals surface area contributed by atoms with E-state index in [1.165, 1.54) is 43.1 Å². The Morgan fingerprint density at radius 3 is 2.75 bits per heavy atom. The summed E-state index contributed by atoms with van der Waals surface area (Å²) in [5, 5.41) is 8.20. The number of benzene rings is 1. The molecule has 130 valence electrons.